The molecule has 0 heterocycles. The van der Waals surface area contributed by atoms with Crippen LogP contribution in [0.3, 0.4) is 0 Å². The topological polar surface area (TPSA) is 59.6 Å². The molecule has 0 amide bonds. The molecule has 6 heteroatoms. The van der Waals surface area contributed by atoms with Crippen molar-refractivity contribution in [1.29, 1.82) is 0 Å². The molecule has 4 nitrogen and oxygen atoms in total. The zero-order valence-electron chi connectivity index (χ0n) is 12.5. The number of hydrogen-bond acceptors (Lipinski definition) is 3. The molecule has 0 saturated carbocycles. The number of thioether (sulfide) groups is 1. The summed E-state index contributed by atoms with van der Waals surface area (Å²) in [7, 11) is 1.58. The Labute approximate surface area is 139 Å². The molecule has 0 atom stereocenters. The van der Waals surface area contributed by atoms with E-state index in [1.165, 1.54) is 4.90 Å². The zero-order valence-corrected chi connectivity index (χ0v) is 14.0. The van der Waals surface area contributed by atoms with Gasteiger partial charge in [0.25, 0.3) is 0 Å². The lowest BCUT2D eigenvalue weighted by molar-refractivity contribution is 0.415. The van der Waals surface area contributed by atoms with Crippen LogP contribution in [0.2, 0.25) is 5.02 Å². The lowest BCUT2D eigenvalue weighted by atomic mass is 10.2. The van der Waals surface area contributed by atoms with Crippen molar-refractivity contribution in [1.82, 2.24) is 0 Å². The van der Waals surface area contributed by atoms with Crippen molar-refractivity contribution >= 4 is 35.0 Å². The summed E-state index contributed by atoms with van der Waals surface area (Å²) in [6, 6.07) is 13.6. The van der Waals surface area contributed by atoms with Crippen molar-refractivity contribution in [3.63, 3.8) is 0 Å². The molecule has 3 N–H and O–H groups in total. The minimum Gasteiger partial charge on any atom is -0.495 e. The van der Waals surface area contributed by atoms with Crippen molar-refractivity contribution < 1.29 is 4.74 Å². The summed E-state index contributed by atoms with van der Waals surface area (Å²) in [5, 5.41) is 3.53. The number of nitrogens with one attached hydrogen (secondary N) is 1. The van der Waals surface area contributed by atoms with Gasteiger partial charge in [-0.1, -0.05) is 23.7 Å². The van der Waals surface area contributed by atoms with E-state index >= 15 is 0 Å². The lowest BCUT2D eigenvalue weighted by Gasteiger charge is -2.08. The summed E-state index contributed by atoms with van der Waals surface area (Å²) < 4.78 is 5.11. The second-order valence-corrected chi connectivity index (χ2v) is 5.81. The summed E-state index contributed by atoms with van der Waals surface area (Å²) in [5.41, 5.74) is 7.77. The fourth-order valence-electron chi connectivity index (χ4n) is 1.84. The number of anilines is 1. The number of guanidine groups is 1. The number of ether oxygens (including phenoxy) is 1. The number of halogens is 1. The molecular weight excluding hydrogens is 318 g/mol. The first-order chi connectivity index (χ1) is 10.6. The Bertz CT molecular complexity index is 659. The number of nitrogens with zero attached hydrogens (tertiary/aromatic N) is 1. The second-order valence-electron chi connectivity index (χ2n) is 4.52. The highest BCUT2D eigenvalue weighted by Crippen LogP contribution is 2.27. The number of benzene rings is 2. The fraction of sp³-hybridized carbons (Fsp3) is 0.188. The second kappa shape index (κ2) is 7.96. The third kappa shape index (κ3) is 4.58. The lowest BCUT2D eigenvalue weighted by Crippen LogP contribution is -2.22. The van der Waals surface area contributed by atoms with Gasteiger partial charge in [-0.2, -0.15) is 0 Å². The SMILES string of the molecule is COc1ccc(NC(N)=NCc2ccc(SC)cc2)cc1Cl. The van der Waals surface area contributed by atoms with E-state index in [0.29, 0.717) is 23.3 Å². The fourth-order valence-corrected chi connectivity index (χ4v) is 2.50. The molecule has 2 aromatic rings. The maximum absolute atomic E-state index is 6.07. The Morgan fingerprint density at radius 3 is 2.59 bits per heavy atom. The van der Waals surface area contributed by atoms with E-state index in [0.717, 1.165) is 11.3 Å². The van der Waals surface area contributed by atoms with E-state index in [9.17, 15) is 0 Å². The predicted molar refractivity (Wildman–Crippen MR) is 95.2 cm³/mol. The summed E-state index contributed by atoms with van der Waals surface area (Å²) >= 11 is 7.78. The van der Waals surface area contributed by atoms with Crippen LogP contribution < -0.4 is 15.8 Å². The maximum Gasteiger partial charge on any atom is 0.193 e. The summed E-state index contributed by atoms with van der Waals surface area (Å²) in [6.07, 6.45) is 2.05. The van der Waals surface area contributed by atoms with Gasteiger partial charge in [0.05, 0.1) is 18.7 Å². The van der Waals surface area contributed by atoms with Crippen LogP contribution in [-0.4, -0.2) is 19.3 Å². The smallest absolute Gasteiger partial charge is 0.193 e. The van der Waals surface area contributed by atoms with Gasteiger partial charge in [0.1, 0.15) is 5.75 Å². The van der Waals surface area contributed by atoms with Crippen molar-refractivity contribution in [2.75, 3.05) is 18.7 Å². The van der Waals surface area contributed by atoms with Crippen molar-refractivity contribution in [3.05, 3.63) is 53.1 Å². The van der Waals surface area contributed by atoms with E-state index in [2.05, 4.69) is 28.7 Å². The predicted octanol–water partition coefficient (Wildman–Crippen LogP) is 4.00. The molecule has 0 unspecified atom stereocenters. The van der Waals surface area contributed by atoms with Crippen LogP contribution in [0.4, 0.5) is 5.69 Å². The van der Waals surface area contributed by atoms with Crippen LogP contribution in [0.15, 0.2) is 52.4 Å². The number of methoxy groups -OCH3 is 1. The van der Waals surface area contributed by atoms with E-state index < -0.39 is 0 Å². The highest BCUT2D eigenvalue weighted by Gasteiger charge is 2.02. The van der Waals surface area contributed by atoms with Crippen molar-refractivity contribution in [2.24, 2.45) is 10.7 Å². The molecule has 0 aromatic heterocycles. The molecule has 116 valence electrons. The third-order valence-electron chi connectivity index (χ3n) is 3.02. The van der Waals surface area contributed by atoms with Gasteiger partial charge < -0.3 is 15.8 Å². The highest BCUT2D eigenvalue weighted by molar-refractivity contribution is 7.98. The van der Waals surface area contributed by atoms with Gasteiger partial charge in [0.2, 0.25) is 0 Å². The Balaban J connectivity index is 1.98. The van der Waals surface area contributed by atoms with E-state index in [-0.39, 0.29) is 0 Å². The molecule has 0 aliphatic rings. The molecule has 0 radical (unpaired) electrons. The maximum atomic E-state index is 6.07. The highest BCUT2D eigenvalue weighted by atomic mass is 35.5. The van der Waals surface area contributed by atoms with E-state index in [1.807, 2.05) is 18.2 Å². The minimum atomic E-state index is 0.343. The van der Waals surface area contributed by atoms with Crippen LogP contribution >= 0.6 is 23.4 Å². The largest absolute Gasteiger partial charge is 0.495 e. The van der Waals surface area contributed by atoms with Crippen LogP contribution in [0.1, 0.15) is 5.56 Å². The van der Waals surface area contributed by atoms with E-state index in [4.69, 9.17) is 22.1 Å². The zero-order chi connectivity index (χ0) is 15.9. The first kappa shape index (κ1) is 16.5. The molecule has 2 rings (SSSR count). The van der Waals surface area contributed by atoms with Gasteiger partial charge in [-0.15, -0.1) is 11.8 Å². The first-order valence-corrected chi connectivity index (χ1v) is 8.26. The molecule has 0 aliphatic carbocycles. The molecule has 0 bridgehead atoms. The number of aliphatic imine (C=N–C) groups is 1. The third-order valence-corrected chi connectivity index (χ3v) is 4.05. The van der Waals surface area contributed by atoms with Crippen molar-refractivity contribution in [2.45, 2.75) is 11.4 Å². The number of hydrogen-bond donors (Lipinski definition) is 2. The summed E-state index contributed by atoms with van der Waals surface area (Å²) in [5.74, 6) is 0.965. The molecule has 2 aromatic carbocycles. The molecule has 0 spiro atoms. The number of nitrogens with two attached hydrogens (primary N) is 1. The Kier molecular flexibility index (Phi) is 5.98. The van der Waals surface area contributed by atoms with Crippen LogP contribution in [0.25, 0.3) is 0 Å². The normalized spacial score (nSPS) is 11.3. The Morgan fingerprint density at radius 2 is 2.00 bits per heavy atom. The first-order valence-electron chi connectivity index (χ1n) is 6.66. The molecular formula is C16H18ClN3OS. The monoisotopic (exact) mass is 335 g/mol. The quantitative estimate of drug-likeness (QED) is 0.492. The molecule has 0 aliphatic heterocycles. The summed E-state index contributed by atoms with van der Waals surface area (Å²) in [6.45, 7) is 0.525. The van der Waals surface area contributed by atoms with E-state index in [1.54, 1.807) is 31.0 Å². The minimum absolute atomic E-state index is 0.343. The molecule has 22 heavy (non-hydrogen) atoms. The van der Waals surface area contributed by atoms with Gasteiger partial charge >= 0.3 is 0 Å². The van der Waals surface area contributed by atoms with Gasteiger partial charge in [-0.05, 0) is 42.2 Å². The van der Waals surface area contributed by atoms with Gasteiger partial charge in [-0.3, -0.25) is 0 Å². The van der Waals surface area contributed by atoms with Gasteiger partial charge in [0, 0.05) is 10.6 Å². The van der Waals surface area contributed by atoms with Gasteiger partial charge in [-0.25, -0.2) is 4.99 Å². The number of rotatable bonds is 5. The average Bonchev–Trinajstić information content (AvgIpc) is 2.53. The van der Waals surface area contributed by atoms with Crippen LogP contribution in [-0.2, 0) is 6.54 Å². The van der Waals surface area contributed by atoms with Gasteiger partial charge in [0.15, 0.2) is 5.96 Å². The summed E-state index contributed by atoms with van der Waals surface area (Å²) in [4.78, 5) is 5.55. The van der Waals surface area contributed by atoms with Crippen LogP contribution in [0.5, 0.6) is 5.75 Å². The Hall–Kier alpha value is -1.85. The molecule has 0 saturated heterocycles. The molecule has 0 fully saturated rings. The average molecular weight is 336 g/mol. The van der Waals surface area contributed by atoms with Crippen molar-refractivity contribution in [3.8, 4) is 5.75 Å². The Morgan fingerprint density at radius 1 is 1.27 bits per heavy atom. The standard InChI is InChI=1S/C16H18ClN3OS/c1-21-15-8-5-12(9-14(15)17)20-16(18)19-10-11-3-6-13(22-2)7-4-11/h3-9H,10H2,1-2H3,(H3,18,19,20). The van der Waals surface area contributed by atoms with Crippen LogP contribution in [0, 0.1) is 0 Å².